The molecule has 2 atom stereocenters. The Morgan fingerprint density at radius 3 is 2.45 bits per heavy atom. The van der Waals surface area contributed by atoms with E-state index in [2.05, 4.69) is 0 Å². The Kier molecular flexibility index (Phi) is 4.15. The second kappa shape index (κ2) is 5.54. The third kappa shape index (κ3) is 3.02. The van der Waals surface area contributed by atoms with Gasteiger partial charge in [-0.1, -0.05) is 12.1 Å². The summed E-state index contributed by atoms with van der Waals surface area (Å²) in [5.74, 6) is -0.790. The monoisotopic (exact) mass is 297 g/mol. The van der Waals surface area contributed by atoms with Crippen molar-refractivity contribution in [1.29, 1.82) is 0 Å². The van der Waals surface area contributed by atoms with Crippen molar-refractivity contribution in [2.24, 2.45) is 0 Å². The van der Waals surface area contributed by atoms with Gasteiger partial charge in [-0.15, -0.1) is 0 Å². The number of likely N-dealkylation sites (tertiary alicyclic amines) is 1. The summed E-state index contributed by atoms with van der Waals surface area (Å²) in [5, 5.41) is 9.21. The summed E-state index contributed by atoms with van der Waals surface area (Å²) >= 11 is 0. The number of carboxylic acid groups (broad SMARTS) is 1. The van der Waals surface area contributed by atoms with Gasteiger partial charge in [-0.25, -0.2) is 8.42 Å². The third-order valence-corrected chi connectivity index (χ3v) is 5.00. The molecular formula is C14H19NO4S. The first-order valence-corrected chi connectivity index (χ1v) is 8.48. The van der Waals surface area contributed by atoms with Crippen LogP contribution in [0.1, 0.15) is 31.4 Å². The molecule has 1 fully saturated rings. The number of hydrogen-bond donors (Lipinski definition) is 1. The van der Waals surface area contributed by atoms with E-state index in [1.165, 1.54) is 6.26 Å². The average Bonchev–Trinajstić information content (AvgIpc) is 2.86. The van der Waals surface area contributed by atoms with Crippen molar-refractivity contribution in [2.45, 2.75) is 36.7 Å². The standard InChI is InChI=1S/C14H19NO4S/c1-10(15-9-3-4-13(15)14(16)17)11-5-7-12(8-6-11)20(2,18)19/h5-8,10,13H,3-4,9H2,1-2H3,(H,16,17). The first-order chi connectivity index (χ1) is 9.30. The Morgan fingerprint density at radius 2 is 1.95 bits per heavy atom. The largest absolute Gasteiger partial charge is 0.480 e. The van der Waals surface area contributed by atoms with E-state index in [9.17, 15) is 18.3 Å². The maximum Gasteiger partial charge on any atom is 0.320 e. The number of carbonyl (C=O) groups is 1. The molecule has 1 aliphatic rings. The van der Waals surface area contributed by atoms with Crippen LogP contribution in [0.3, 0.4) is 0 Å². The summed E-state index contributed by atoms with van der Waals surface area (Å²) in [4.78, 5) is 13.5. The van der Waals surface area contributed by atoms with E-state index >= 15 is 0 Å². The molecular weight excluding hydrogens is 278 g/mol. The lowest BCUT2D eigenvalue weighted by Gasteiger charge is -2.28. The maximum atomic E-state index is 11.4. The van der Waals surface area contributed by atoms with Crippen molar-refractivity contribution >= 4 is 15.8 Å². The summed E-state index contributed by atoms with van der Waals surface area (Å²) in [6, 6.07) is 6.20. The maximum absolute atomic E-state index is 11.4. The molecule has 0 spiro atoms. The third-order valence-electron chi connectivity index (χ3n) is 3.87. The molecule has 5 nitrogen and oxygen atoms in total. The molecule has 1 aromatic carbocycles. The number of sulfone groups is 1. The summed E-state index contributed by atoms with van der Waals surface area (Å²) in [5.41, 5.74) is 0.936. The van der Waals surface area contributed by atoms with E-state index in [0.717, 1.165) is 18.5 Å². The molecule has 2 rings (SSSR count). The van der Waals surface area contributed by atoms with Gasteiger partial charge in [0.25, 0.3) is 0 Å². The van der Waals surface area contributed by atoms with Crippen molar-refractivity contribution < 1.29 is 18.3 Å². The van der Waals surface area contributed by atoms with Crippen LogP contribution in [0.15, 0.2) is 29.2 Å². The molecule has 0 radical (unpaired) electrons. The predicted molar refractivity (Wildman–Crippen MR) is 75.3 cm³/mol. The Bertz CT molecular complexity index is 594. The van der Waals surface area contributed by atoms with Crippen molar-refractivity contribution in [1.82, 2.24) is 4.90 Å². The summed E-state index contributed by atoms with van der Waals surface area (Å²) in [7, 11) is -3.20. The van der Waals surface area contributed by atoms with Gasteiger partial charge in [0, 0.05) is 12.3 Å². The molecule has 2 unspecified atom stereocenters. The number of nitrogens with zero attached hydrogens (tertiary/aromatic N) is 1. The van der Waals surface area contributed by atoms with Gasteiger partial charge in [0.1, 0.15) is 6.04 Å². The highest BCUT2D eigenvalue weighted by Gasteiger charge is 2.34. The minimum atomic E-state index is -3.20. The molecule has 0 amide bonds. The molecule has 1 aromatic rings. The van der Waals surface area contributed by atoms with E-state index < -0.39 is 21.8 Å². The molecule has 0 saturated carbocycles. The van der Waals surface area contributed by atoms with Gasteiger partial charge in [0.05, 0.1) is 4.90 Å². The van der Waals surface area contributed by atoms with Gasteiger partial charge in [-0.2, -0.15) is 0 Å². The van der Waals surface area contributed by atoms with Crippen molar-refractivity contribution in [3.8, 4) is 0 Å². The number of benzene rings is 1. The number of aliphatic carboxylic acids is 1. The lowest BCUT2D eigenvalue weighted by molar-refractivity contribution is -0.142. The molecule has 0 bridgehead atoms. The summed E-state index contributed by atoms with van der Waals surface area (Å²) in [6.45, 7) is 2.71. The van der Waals surface area contributed by atoms with Gasteiger partial charge < -0.3 is 5.11 Å². The van der Waals surface area contributed by atoms with Crippen molar-refractivity contribution in [2.75, 3.05) is 12.8 Å². The van der Waals surface area contributed by atoms with Crippen LogP contribution in [0.25, 0.3) is 0 Å². The minimum absolute atomic E-state index is 0.0350. The Labute approximate surface area is 119 Å². The van der Waals surface area contributed by atoms with E-state index in [1.807, 2.05) is 11.8 Å². The van der Waals surface area contributed by atoms with Crippen LogP contribution in [-0.4, -0.2) is 43.2 Å². The van der Waals surface area contributed by atoms with E-state index in [4.69, 9.17) is 0 Å². The fourth-order valence-electron chi connectivity index (χ4n) is 2.70. The second-order valence-corrected chi connectivity index (χ2v) is 7.27. The number of rotatable bonds is 4. The fourth-order valence-corrected chi connectivity index (χ4v) is 3.33. The highest BCUT2D eigenvalue weighted by molar-refractivity contribution is 7.90. The van der Waals surface area contributed by atoms with Crippen LogP contribution in [0.5, 0.6) is 0 Å². The molecule has 20 heavy (non-hydrogen) atoms. The van der Waals surface area contributed by atoms with E-state index in [-0.39, 0.29) is 10.9 Å². The Balaban J connectivity index is 2.21. The van der Waals surface area contributed by atoms with Crippen LogP contribution < -0.4 is 0 Å². The van der Waals surface area contributed by atoms with Gasteiger partial charge >= 0.3 is 5.97 Å². The molecule has 0 aromatic heterocycles. The summed E-state index contributed by atoms with van der Waals surface area (Å²) in [6.07, 6.45) is 2.72. The smallest absolute Gasteiger partial charge is 0.320 e. The number of carboxylic acids is 1. The Hall–Kier alpha value is -1.40. The van der Waals surface area contributed by atoms with Gasteiger partial charge in [-0.05, 0) is 44.0 Å². The van der Waals surface area contributed by atoms with Crippen LogP contribution in [0.2, 0.25) is 0 Å². The zero-order valence-electron chi connectivity index (χ0n) is 11.6. The molecule has 6 heteroatoms. The minimum Gasteiger partial charge on any atom is -0.480 e. The lowest BCUT2D eigenvalue weighted by atomic mass is 10.1. The fraction of sp³-hybridized carbons (Fsp3) is 0.500. The molecule has 1 aliphatic heterocycles. The van der Waals surface area contributed by atoms with E-state index in [0.29, 0.717) is 6.42 Å². The van der Waals surface area contributed by atoms with Gasteiger partial charge in [0.15, 0.2) is 9.84 Å². The average molecular weight is 297 g/mol. The first-order valence-electron chi connectivity index (χ1n) is 6.59. The van der Waals surface area contributed by atoms with Gasteiger partial charge in [0.2, 0.25) is 0 Å². The van der Waals surface area contributed by atoms with E-state index in [1.54, 1.807) is 24.3 Å². The SMILES string of the molecule is CC(c1ccc(S(C)(=O)=O)cc1)N1CCCC1C(=O)O. The predicted octanol–water partition coefficient (Wildman–Crippen LogP) is 1.70. The first kappa shape index (κ1) is 15.0. The zero-order valence-corrected chi connectivity index (χ0v) is 12.4. The quantitative estimate of drug-likeness (QED) is 0.915. The summed E-state index contributed by atoms with van der Waals surface area (Å²) < 4.78 is 22.8. The topological polar surface area (TPSA) is 74.7 Å². The highest BCUT2D eigenvalue weighted by atomic mass is 32.2. The lowest BCUT2D eigenvalue weighted by Crippen LogP contribution is -2.37. The molecule has 1 N–H and O–H groups in total. The highest BCUT2D eigenvalue weighted by Crippen LogP contribution is 2.29. The molecule has 110 valence electrons. The van der Waals surface area contributed by atoms with Gasteiger partial charge in [-0.3, -0.25) is 9.69 Å². The van der Waals surface area contributed by atoms with Crippen LogP contribution in [-0.2, 0) is 14.6 Å². The van der Waals surface area contributed by atoms with Crippen LogP contribution in [0.4, 0.5) is 0 Å². The molecule has 1 saturated heterocycles. The molecule has 0 aliphatic carbocycles. The normalized spacial score (nSPS) is 21.8. The Morgan fingerprint density at radius 1 is 1.35 bits per heavy atom. The van der Waals surface area contributed by atoms with Crippen LogP contribution in [0, 0.1) is 0 Å². The van der Waals surface area contributed by atoms with Crippen molar-refractivity contribution in [3.05, 3.63) is 29.8 Å². The second-order valence-electron chi connectivity index (χ2n) is 5.25. The zero-order chi connectivity index (χ0) is 14.9. The number of hydrogen-bond acceptors (Lipinski definition) is 4. The van der Waals surface area contributed by atoms with Crippen LogP contribution >= 0.6 is 0 Å². The molecule has 1 heterocycles. The van der Waals surface area contributed by atoms with Crippen molar-refractivity contribution in [3.63, 3.8) is 0 Å².